The van der Waals surface area contributed by atoms with Gasteiger partial charge in [-0.2, -0.15) is 5.10 Å². The number of aryl methyl sites for hydroxylation is 2. The summed E-state index contributed by atoms with van der Waals surface area (Å²) in [5, 5.41) is 12.6. The average Bonchev–Trinajstić information content (AvgIpc) is 3.36. The summed E-state index contributed by atoms with van der Waals surface area (Å²) in [6.45, 7) is 1.93. The Bertz CT molecular complexity index is 1240. The van der Waals surface area contributed by atoms with Gasteiger partial charge >= 0.3 is 0 Å². The average molecular weight is 415 g/mol. The number of fused-ring (bicyclic) bond motifs is 1. The molecule has 3 aromatic heterocycles. The molecule has 0 aliphatic heterocycles. The fourth-order valence-corrected chi connectivity index (χ4v) is 4.42. The number of amides is 1. The number of carbonyl (C=O) groups is 1. The third-order valence-corrected chi connectivity index (χ3v) is 5.97. The van der Waals surface area contributed by atoms with Gasteiger partial charge in [0.15, 0.2) is 0 Å². The number of carbonyl (C=O) groups excluding carboxylic acids is 1. The SMILES string of the molecule is Cc1nn(C)cc1-c1cc(C(=O)NC2CCCCC2)c2c(-c3ccccc3)noc2n1. The third-order valence-electron chi connectivity index (χ3n) is 5.97. The minimum atomic E-state index is -0.109. The largest absolute Gasteiger partial charge is 0.349 e. The smallest absolute Gasteiger partial charge is 0.259 e. The summed E-state index contributed by atoms with van der Waals surface area (Å²) in [5.74, 6) is -0.109. The quantitative estimate of drug-likeness (QED) is 0.524. The molecule has 4 aromatic rings. The van der Waals surface area contributed by atoms with E-state index in [0.717, 1.165) is 42.5 Å². The van der Waals surface area contributed by atoms with Crippen LogP contribution in [0.5, 0.6) is 0 Å². The molecule has 0 bridgehead atoms. The minimum Gasteiger partial charge on any atom is -0.349 e. The van der Waals surface area contributed by atoms with Crippen molar-refractivity contribution >= 4 is 17.0 Å². The molecule has 1 amide bonds. The van der Waals surface area contributed by atoms with Crippen LogP contribution >= 0.6 is 0 Å². The van der Waals surface area contributed by atoms with Crippen molar-refractivity contribution in [2.75, 3.05) is 0 Å². The molecular weight excluding hydrogens is 390 g/mol. The highest BCUT2D eigenvalue weighted by atomic mass is 16.5. The molecule has 0 spiro atoms. The van der Waals surface area contributed by atoms with Gasteiger partial charge < -0.3 is 9.84 Å². The van der Waals surface area contributed by atoms with E-state index in [-0.39, 0.29) is 11.9 Å². The van der Waals surface area contributed by atoms with E-state index in [0.29, 0.717) is 28.1 Å². The maximum Gasteiger partial charge on any atom is 0.259 e. The van der Waals surface area contributed by atoms with E-state index in [2.05, 4.69) is 15.6 Å². The van der Waals surface area contributed by atoms with Crippen molar-refractivity contribution in [2.45, 2.75) is 45.1 Å². The highest BCUT2D eigenvalue weighted by Gasteiger charge is 2.25. The molecular formula is C24H25N5O2. The summed E-state index contributed by atoms with van der Waals surface area (Å²) in [6.07, 6.45) is 7.48. The lowest BCUT2D eigenvalue weighted by atomic mass is 9.95. The van der Waals surface area contributed by atoms with Crippen LogP contribution in [0.1, 0.15) is 48.2 Å². The number of nitrogens with one attached hydrogen (secondary N) is 1. The molecule has 0 saturated heterocycles. The molecule has 0 unspecified atom stereocenters. The van der Waals surface area contributed by atoms with Crippen molar-refractivity contribution in [2.24, 2.45) is 7.05 Å². The highest BCUT2D eigenvalue weighted by molar-refractivity contribution is 6.10. The molecule has 31 heavy (non-hydrogen) atoms. The summed E-state index contributed by atoms with van der Waals surface area (Å²) in [6, 6.07) is 11.8. The number of hydrogen-bond donors (Lipinski definition) is 1. The monoisotopic (exact) mass is 415 g/mol. The summed E-state index contributed by atoms with van der Waals surface area (Å²) in [7, 11) is 1.87. The second-order valence-corrected chi connectivity index (χ2v) is 8.24. The van der Waals surface area contributed by atoms with Gasteiger partial charge in [-0.25, -0.2) is 4.98 Å². The molecule has 7 nitrogen and oxygen atoms in total. The van der Waals surface area contributed by atoms with E-state index >= 15 is 0 Å². The van der Waals surface area contributed by atoms with Gasteiger partial charge in [-0.3, -0.25) is 9.48 Å². The zero-order chi connectivity index (χ0) is 21.4. The normalized spacial score (nSPS) is 14.8. The number of rotatable bonds is 4. The first-order valence-electron chi connectivity index (χ1n) is 10.8. The Hall–Kier alpha value is -3.48. The van der Waals surface area contributed by atoms with Crippen molar-refractivity contribution in [3.05, 3.63) is 53.9 Å². The van der Waals surface area contributed by atoms with Crippen molar-refractivity contribution in [1.29, 1.82) is 0 Å². The van der Waals surface area contributed by atoms with Crippen molar-refractivity contribution in [3.63, 3.8) is 0 Å². The standard InChI is InChI=1S/C24H25N5O2/c1-15-19(14-29(2)27-15)20-13-18(23(30)25-17-11-7-4-8-12-17)21-22(28-31-24(21)26-20)16-9-5-3-6-10-16/h3,5-6,9-10,13-14,17H,4,7-8,11-12H2,1-2H3,(H,25,30). The highest BCUT2D eigenvalue weighted by Crippen LogP contribution is 2.33. The Morgan fingerprint density at radius 1 is 1.16 bits per heavy atom. The lowest BCUT2D eigenvalue weighted by molar-refractivity contribution is 0.0929. The lowest BCUT2D eigenvalue weighted by Gasteiger charge is -2.23. The van der Waals surface area contributed by atoms with Gasteiger partial charge in [0.1, 0.15) is 5.69 Å². The molecule has 1 aliphatic rings. The van der Waals surface area contributed by atoms with Gasteiger partial charge in [0.2, 0.25) is 0 Å². The van der Waals surface area contributed by atoms with E-state index < -0.39 is 0 Å². The number of nitrogens with zero attached hydrogens (tertiary/aromatic N) is 4. The second-order valence-electron chi connectivity index (χ2n) is 8.24. The number of benzene rings is 1. The first-order valence-corrected chi connectivity index (χ1v) is 10.8. The van der Waals surface area contributed by atoms with Gasteiger partial charge in [0, 0.05) is 30.4 Å². The molecule has 7 heteroatoms. The van der Waals surface area contributed by atoms with Gasteiger partial charge in [-0.15, -0.1) is 0 Å². The number of hydrogen-bond acceptors (Lipinski definition) is 5. The zero-order valence-electron chi connectivity index (χ0n) is 17.8. The molecule has 0 radical (unpaired) electrons. The maximum absolute atomic E-state index is 13.5. The van der Waals surface area contributed by atoms with Gasteiger partial charge in [-0.1, -0.05) is 54.8 Å². The Labute approximate surface area is 180 Å². The topological polar surface area (TPSA) is 85.8 Å². The van der Waals surface area contributed by atoms with E-state index in [1.807, 2.05) is 56.6 Å². The van der Waals surface area contributed by atoms with Gasteiger partial charge in [0.05, 0.1) is 22.3 Å². The molecule has 1 aliphatic carbocycles. The van der Waals surface area contributed by atoms with E-state index in [1.54, 1.807) is 4.68 Å². The van der Waals surface area contributed by atoms with Crippen molar-refractivity contribution in [1.82, 2.24) is 25.2 Å². The zero-order valence-corrected chi connectivity index (χ0v) is 17.8. The Morgan fingerprint density at radius 2 is 1.94 bits per heavy atom. The molecule has 1 N–H and O–H groups in total. The molecule has 0 atom stereocenters. The number of pyridine rings is 1. The van der Waals surface area contributed by atoms with E-state index in [1.165, 1.54) is 6.42 Å². The molecule has 3 heterocycles. The predicted molar refractivity (Wildman–Crippen MR) is 119 cm³/mol. The third kappa shape index (κ3) is 3.71. The van der Waals surface area contributed by atoms with Crippen LogP contribution in [0, 0.1) is 6.92 Å². The van der Waals surface area contributed by atoms with Crippen molar-refractivity contribution < 1.29 is 9.32 Å². The van der Waals surface area contributed by atoms with Gasteiger partial charge in [0.25, 0.3) is 11.6 Å². The summed E-state index contributed by atoms with van der Waals surface area (Å²) >= 11 is 0. The van der Waals surface area contributed by atoms with Crippen LogP contribution in [0.4, 0.5) is 0 Å². The molecule has 1 aromatic carbocycles. The summed E-state index contributed by atoms with van der Waals surface area (Å²) in [4.78, 5) is 18.1. The van der Waals surface area contributed by atoms with Crippen LogP contribution in [0.2, 0.25) is 0 Å². The summed E-state index contributed by atoms with van der Waals surface area (Å²) in [5.41, 5.74) is 4.78. The van der Waals surface area contributed by atoms with Crippen LogP contribution in [0.3, 0.4) is 0 Å². The lowest BCUT2D eigenvalue weighted by Crippen LogP contribution is -2.36. The van der Waals surface area contributed by atoms with Crippen LogP contribution in [-0.4, -0.2) is 31.9 Å². The molecule has 1 fully saturated rings. The molecule has 1 saturated carbocycles. The fraction of sp³-hybridized carbons (Fsp3) is 0.333. The molecule has 158 valence electrons. The van der Waals surface area contributed by atoms with Crippen LogP contribution in [0.25, 0.3) is 33.6 Å². The maximum atomic E-state index is 13.5. The van der Waals surface area contributed by atoms with Gasteiger partial charge in [-0.05, 0) is 25.8 Å². The van der Waals surface area contributed by atoms with Crippen LogP contribution < -0.4 is 5.32 Å². The first-order chi connectivity index (χ1) is 15.1. The predicted octanol–water partition coefficient (Wildman–Crippen LogP) is 4.66. The van der Waals surface area contributed by atoms with Crippen LogP contribution in [0.15, 0.2) is 47.1 Å². The fourth-order valence-electron chi connectivity index (χ4n) is 4.42. The van der Waals surface area contributed by atoms with Crippen LogP contribution in [-0.2, 0) is 7.05 Å². The van der Waals surface area contributed by atoms with Crippen molar-refractivity contribution in [3.8, 4) is 22.5 Å². The summed E-state index contributed by atoms with van der Waals surface area (Å²) < 4.78 is 7.37. The minimum absolute atomic E-state index is 0.109. The Balaban J connectivity index is 1.65. The van der Waals surface area contributed by atoms with E-state index in [9.17, 15) is 4.79 Å². The Kier molecular flexibility index (Phi) is 5.02. The van der Waals surface area contributed by atoms with E-state index in [4.69, 9.17) is 9.51 Å². The second kappa shape index (κ2) is 7.98. The number of aromatic nitrogens is 4. The first kappa shape index (κ1) is 19.5. The Morgan fingerprint density at radius 3 is 2.65 bits per heavy atom. The molecule has 5 rings (SSSR count).